The van der Waals surface area contributed by atoms with Gasteiger partial charge in [0.2, 0.25) is 0 Å². The Bertz CT molecular complexity index is 2180. The maximum Gasteiger partial charge on any atom is 0.373 e. The molecule has 0 spiro atoms. The molecule has 0 heterocycles. The number of thioether (sulfide) groups is 2. The molecule has 0 saturated heterocycles. The van der Waals surface area contributed by atoms with Crippen molar-refractivity contribution in [2.45, 2.75) is 44.8 Å². The van der Waals surface area contributed by atoms with E-state index in [1.165, 1.54) is 57.2 Å². The number of Topliss-reactive ketones (excluding diaryl/α,β-unsaturated/α-hetero) is 3. The highest BCUT2D eigenvalue weighted by Crippen LogP contribution is 2.27. The number of benzene rings is 3. The van der Waals surface area contributed by atoms with Crippen molar-refractivity contribution in [2.24, 2.45) is 11.8 Å². The van der Waals surface area contributed by atoms with Crippen LogP contribution in [0, 0.1) is 11.8 Å². The molecule has 15 nitrogen and oxygen atoms in total. The average Bonchev–Trinajstić information content (AvgIpc) is 3.18. The molecule has 0 fully saturated rings. The van der Waals surface area contributed by atoms with E-state index in [0.29, 0.717) is 11.3 Å². The summed E-state index contributed by atoms with van der Waals surface area (Å²) in [5.74, 6) is -4.41. The molecule has 0 bridgehead atoms. The van der Waals surface area contributed by atoms with Crippen molar-refractivity contribution in [1.82, 2.24) is 0 Å². The molecule has 0 aliphatic rings. The van der Waals surface area contributed by atoms with Crippen LogP contribution in [0.1, 0.15) is 60.4 Å². The third-order valence-corrected chi connectivity index (χ3v) is 12.2. The lowest BCUT2D eigenvalue weighted by Crippen LogP contribution is -2.26. The third kappa shape index (κ3) is 22.3. The van der Waals surface area contributed by atoms with Gasteiger partial charge < -0.3 is 9.47 Å². The van der Waals surface area contributed by atoms with Crippen LogP contribution in [0.3, 0.4) is 0 Å². The SMILES string of the molecule is CC(=O)SCC(=O)C[C@@H](C)C(=O)COC(=O)c1c(Cl)cccc1Cl.CC(=O)SCc1cccc(S(=O)(=O)C[C@@H](C)C(=O)COC(=O)c2c(Cl)cccc2Cl)c1.O=C=O.O=C=O. The van der Waals surface area contributed by atoms with Crippen LogP contribution < -0.4 is 0 Å². The topological polar surface area (TPSA) is 240 Å². The standard InChI is InChI=1S/C21H20Cl2O6S2.C16H16Cl2O5S.2CO2/c1-13(19(25)10-29-21(26)20-17(22)7-4-8-18(20)23)12-31(27,28)16-6-3-5-15(9-16)11-30-14(2)24;1-9(6-11(20)8-24-10(2)19)14(21)7-23-16(22)15-12(17)4-3-5-13(15)18;2*2-1-3/h3-9,13H,10-12H2,1-2H3;3-5,9H,6-8H2,1-2H3;;/t13-;9-;;/m11../s1. The summed E-state index contributed by atoms with van der Waals surface area (Å²) >= 11 is 25.6. The largest absolute Gasteiger partial charge is 0.454 e. The van der Waals surface area contributed by atoms with Gasteiger partial charge in [-0.1, -0.05) is 108 Å². The first-order valence-corrected chi connectivity index (χ1v) is 22.1. The van der Waals surface area contributed by atoms with E-state index in [9.17, 15) is 42.0 Å². The first-order chi connectivity index (χ1) is 28.6. The van der Waals surface area contributed by atoms with Crippen molar-refractivity contribution in [3.05, 3.63) is 97.4 Å². The van der Waals surface area contributed by atoms with Crippen LogP contribution in [-0.4, -0.2) is 85.0 Å². The van der Waals surface area contributed by atoms with Gasteiger partial charge in [0, 0.05) is 37.9 Å². The van der Waals surface area contributed by atoms with E-state index in [-0.39, 0.29) is 76.6 Å². The van der Waals surface area contributed by atoms with E-state index in [0.717, 1.165) is 23.5 Å². The lowest BCUT2D eigenvalue weighted by Gasteiger charge is -2.13. The summed E-state index contributed by atoms with van der Waals surface area (Å²) in [6.45, 7) is 4.73. The van der Waals surface area contributed by atoms with Crippen LogP contribution in [0.5, 0.6) is 0 Å². The molecule has 0 unspecified atom stereocenters. The Kier molecular flexibility index (Phi) is 27.5. The maximum absolute atomic E-state index is 12.7. The Morgan fingerprint density at radius 2 is 1.03 bits per heavy atom. The zero-order valence-electron chi connectivity index (χ0n) is 32.5. The van der Waals surface area contributed by atoms with Crippen LogP contribution in [0.25, 0.3) is 0 Å². The predicted molar refractivity (Wildman–Crippen MR) is 225 cm³/mol. The van der Waals surface area contributed by atoms with Crippen LogP contribution >= 0.6 is 69.9 Å². The number of halogens is 4. The summed E-state index contributed by atoms with van der Waals surface area (Å²) in [6.07, 6.45) is 0.490. The highest BCUT2D eigenvalue weighted by atomic mass is 35.5. The zero-order valence-corrected chi connectivity index (χ0v) is 38.0. The van der Waals surface area contributed by atoms with Gasteiger partial charge in [0.05, 0.1) is 47.6 Å². The van der Waals surface area contributed by atoms with Crippen LogP contribution in [0.15, 0.2) is 65.6 Å². The molecule has 0 N–H and O–H groups in total. The first kappa shape index (κ1) is 56.5. The van der Waals surface area contributed by atoms with Crippen molar-refractivity contribution in [3.63, 3.8) is 0 Å². The van der Waals surface area contributed by atoms with Gasteiger partial charge in [0.25, 0.3) is 0 Å². The number of ether oxygens (including phenoxy) is 2. The van der Waals surface area contributed by atoms with Crippen molar-refractivity contribution >= 4 is 132 Å². The molecule has 61 heavy (non-hydrogen) atoms. The number of ketones is 3. The Balaban J connectivity index is 0.00000107. The summed E-state index contributed by atoms with van der Waals surface area (Å²) in [5, 5.41) is 0.202. The van der Waals surface area contributed by atoms with Gasteiger partial charge >= 0.3 is 24.2 Å². The quantitative estimate of drug-likeness (QED) is 0.123. The summed E-state index contributed by atoms with van der Waals surface area (Å²) in [6, 6.07) is 15.3. The number of carbonyl (C=O) groups excluding carboxylic acids is 11. The molecule has 0 amide bonds. The van der Waals surface area contributed by atoms with E-state index in [4.69, 9.17) is 75.1 Å². The van der Waals surface area contributed by atoms with Gasteiger partial charge in [-0.2, -0.15) is 19.2 Å². The van der Waals surface area contributed by atoms with Crippen LogP contribution in [-0.2, 0) is 68.2 Å². The van der Waals surface area contributed by atoms with E-state index in [1.54, 1.807) is 31.2 Å². The minimum atomic E-state index is -3.77. The Morgan fingerprint density at radius 3 is 1.44 bits per heavy atom. The van der Waals surface area contributed by atoms with Crippen LogP contribution in [0.4, 0.5) is 0 Å². The molecule has 328 valence electrons. The molecule has 3 rings (SSSR count). The molecule has 3 aromatic rings. The number of sulfone groups is 1. The number of hydrogen-bond donors (Lipinski definition) is 0. The molecule has 0 aromatic heterocycles. The number of rotatable bonds is 17. The summed E-state index contributed by atoms with van der Waals surface area (Å²) < 4.78 is 35.3. The van der Waals surface area contributed by atoms with Crippen molar-refractivity contribution in [1.29, 1.82) is 0 Å². The Hall–Kier alpha value is -4.48. The molecule has 0 aliphatic heterocycles. The fourth-order valence-corrected chi connectivity index (χ4v) is 8.10. The van der Waals surface area contributed by atoms with Gasteiger partial charge in [-0.25, -0.2) is 18.0 Å². The average molecular weight is 983 g/mol. The highest BCUT2D eigenvalue weighted by Gasteiger charge is 2.26. The lowest BCUT2D eigenvalue weighted by atomic mass is 10.0. The van der Waals surface area contributed by atoms with Gasteiger partial charge in [-0.05, 0) is 42.0 Å². The van der Waals surface area contributed by atoms with Gasteiger partial charge in [-0.15, -0.1) is 0 Å². The van der Waals surface area contributed by atoms with Gasteiger partial charge in [0.1, 0.15) is 5.78 Å². The summed E-state index contributed by atoms with van der Waals surface area (Å²) in [4.78, 5) is 115. The normalized spacial score (nSPS) is 11.1. The second kappa shape index (κ2) is 29.7. The van der Waals surface area contributed by atoms with Gasteiger partial charge in [-0.3, -0.25) is 24.0 Å². The predicted octanol–water partition coefficient (Wildman–Crippen LogP) is 7.04. The fraction of sp³-hybridized carbons (Fsp3) is 0.308. The van der Waals surface area contributed by atoms with Crippen molar-refractivity contribution < 1.29 is 70.6 Å². The molecule has 0 radical (unpaired) electrons. The van der Waals surface area contributed by atoms with Crippen molar-refractivity contribution in [2.75, 3.05) is 24.7 Å². The van der Waals surface area contributed by atoms with E-state index in [1.807, 2.05) is 0 Å². The van der Waals surface area contributed by atoms with Crippen molar-refractivity contribution in [3.8, 4) is 0 Å². The molecule has 2 atom stereocenters. The summed E-state index contributed by atoms with van der Waals surface area (Å²) in [7, 11) is -3.77. The first-order valence-electron chi connectivity index (χ1n) is 16.9. The highest BCUT2D eigenvalue weighted by molar-refractivity contribution is 8.14. The number of hydrogen-bond acceptors (Lipinski definition) is 17. The molecule has 0 aliphatic carbocycles. The monoisotopic (exact) mass is 980 g/mol. The molecule has 0 saturated carbocycles. The minimum Gasteiger partial charge on any atom is -0.454 e. The summed E-state index contributed by atoms with van der Waals surface area (Å²) in [5.41, 5.74) is 0.625. The second-order valence-corrected chi connectivity index (χ2v) is 17.9. The minimum absolute atomic E-state index is 0.00443. The molecule has 3 aromatic carbocycles. The molecular formula is C39H36Cl4O15S3. The van der Waals surface area contributed by atoms with Crippen LogP contribution in [0.2, 0.25) is 20.1 Å². The smallest absolute Gasteiger partial charge is 0.373 e. The third-order valence-electron chi connectivity index (χ3n) is 7.26. The van der Waals surface area contributed by atoms with E-state index in [2.05, 4.69) is 0 Å². The lowest BCUT2D eigenvalue weighted by molar-refractivity contribution is -0.193. The second-order valence-electron chi connectivity index (χ2n) is 12.0. The Labute approximate surface area is 378 Å². The molecular weight excluding hydrogens is 946 g/mol. The van der Waals surface area contributed by atoms with Gasteiger partial charge in [0.15, 0.2) is 44.8 Å². The van der Waals surface area contributed by atoms with E-state index >= 15 is 0 Å². The Morgan fingerprint density at radius 1 is 0.639 bits per heavy atom. The molecule has 22 heteroatoms. The number of carbonyl (C=O) groups is 7. The zero-order chi connectivity index (χ0) is 46.9. The fourth-order valence-electron chi connectivity index (χ4n) is 4.32. The number of esters is 2. The van der Waals surface area contributed by atoms with E-state index < -0.39 is 64.1 Å². The maximum atomic E-state index is 12.7.